The van der Waals surface area contributed by atoms with Crippen LogP contribution in [-0.2, 0) is 23.8 Å². The van der Waals surface area contributed by atoms with Crippen molar-refractivity contribution in [3.8, 4) is 0 Å². The summed E-state index contributed by atoms with van der Waals surface area (Å²) < 4.78 is 108. The molecule has 3 unspecified atom stereocenters. The molecule has 2 fully saturated rings. The third kappa shape index (κ3) is 6.73. The molecule has 33 heavy (non-hydrogen) atoms. The van der Waals surface area contributed by atoms with Crippen LogP contribution < -0.4 is 0 Å². The normalized spacial score (nSPS) is 25.8. The minimum absolute atomic E-state index is 0.102. The molecular weight excluding hydrogens is 465 g/mol. The van der Waals surface area contributed by atoms with Gasteiger partial charge in [0.15, 0.2) is 0 Å². The van der Waals surface area contributed by atoms with Crippen molar-refractivity contribution in [2.24, 2.45) is 17.8 Å². The lowest BCUT2D eigenvalue weighted by Gasteiger charge is -2.39. The molecule has 192 valence electrons. The van der Waals surface area contributed by atoms with Gasteiger partial charge in [-0.05, 0) is 43.9 Å². The van der Waals surface area contributed by atoms with E-state index in [0.717, 1.165) is 25.7 Å². The van der Waals surface area contributed by atoms with Gasteiger partial charge in [-0.3, -0.25) is 4.79 Å². The third-order valence-electron chi connectivity index (χ3n) is 6.22. The van der Waals surface area contributed by atoms with E-state index < -0.39 is 61.8 Å². The average molecular weight is 494 g/mol. The smallest absolute Gasteiger partial charge is 0.461 e. The number of ether oxygens (including phenoxy) is 3. The summed E-state index contributed by atoms with van der Waals surface area (Å²) in [5.41, 5.74) is 0. The lowest BCUT2D eigenvalue weighted by atomic mass is 9.67. The molecule has 2 rings (SSSR count). The van der Waals surface area contributed by atoms with Gasteiger partial charge in [-0.15, -0.1) is 0 Å². The van der Waals surface area contributed by atoms with Crippen LogP contribution in [-0.4, -0.2) is 49.0 Å². The van der Waals surface area contributed by atoms with Crippen LogP contribution >= 0.6 is 0 Å². The molecule has 2 aliphatic carbocycles. The molecule has 0 saturated heterocycles. The Morgan fingerprint density at radius 3 is 2.00 bits per heavy atom. The van der Waals surface area contributed by atoms with Crippen molar-refractivity contribution in [1.82, 2.24) is 0 Å². The largest absolute Gasteiger partial charge is 0.468 e. The first-order valence-corrected chi connectivity index (χ1v) is 11.0. The van der Waals surface area contributed by atoms with Crippen LogP contribution in [0.2, 0.25) is 0 Å². The number of hydrogen-bond acceptors (Lipinski definition) is 5. The van der Waals surface area contributed by atoms with Crippen molar-refractivity contribution in [1.29, 1.82) is 0 Å². The highest BCUT2D eigenvalue weighted by atomic mass is 19.4. The highest BCUT2D eigenvalue weighted by Gasteiger charge is 2.68. The fourth-order valence-corrected chi connectivity index (χ4v) is 4.63. The summed E-state index contributed by atoms with van der Waals surface area (Å²) in [6.45, 7) is -1.13. The summed E-state index contributed by atoms with van der Waals surface area (Å²) in [4.78, 5) is 24.6. The Labute approximate surface area is 187 Å². The predicted molar refractivity (Wildman–Crippen MR) is 100 cm³/mol. The summed E-state index contributed by atoms with van der Waals surface area (Å²) in [6, 6.07) is 0. The number of carbonyl (C=O) groups is 2. The fourth-order valence-electron chi connectivity index (χ4n) is 4.63. The molecule has 0 aliphatic heterocycles. The Morgan fingerprint density at radius 1 is 0.939 bits per heavy atom. The molecule has 0 spiro atoms. The standard InChI is InChI=1S/C21H29F7O5/c1-3-31-17(30)20(21(26,27)28,32-8-7-19(24,25)18(2,22)23)33-16(29)12-15-10-13-5-4-6-14(9-13)11-15/h13-15H,3-12H2,1-2H3. The number of halogens is 7. The highest BCUT2D eigenvalue weighted by molar-refractivity contribution is 5.83. The monoisotopic (exact) mass is 494 g/mol. The van der Waals surface area contributed by atoms with Gasteiger partial charge in [-0.1, -0.05) is 19.3 Å². The van der Waals surface area contributed by atoms with E-state index in [1.807, 2.05) is 0 Å². The van der Waals surface area contributed by atoms with Crippen LogP contribution in [0.5, 0.6) is 0 Å². The zero-order chi connectivity index (χ0) is 25.1. The van der Waals surface area contributed by atoms with E-state index in [1.165, 1.54) is 6.92 Å². The molecule has 0 aromatic carbocycles. The number of fused-ring (bicyclic) bond motifs is 2. The molecule has 0 N–H and O–H groups in total. The summed E-state index contributed by atoms with van der Waals surface area (Å²) in [5, 5.41) is 0. The Hall–Kier alpha value is -1.59. The van der Waals surface area contributed by atoms with Crippen LogP contribution in [0.3, 0.4) is 0 Å². The maximum absolute atomic E-state index is 13.9. The van der Waals surface area contributed by atoms with Crippen LogP contribution in [0.1, 0.15) is 65.2 Å². The number of rotatable bonds is 10. The lowest BCUT2D eigenvalue weighted by molar-refractivity contribution is -0.358. The van der Waals surface area contributed by atoms with Gasteiger partial charge in [0.1, 0.15) is 0 Å². The minimum Gasteiger partial charge on any atom is -0.461 e. The van der Waals surface area contributed by atoms with Crippen LogP contribution in [0.15, 0.2) is 0 Å². The number of carbonyl (C=O) groups excluding carboxylic acids is 2. The van der Waals surface area contributed by atoms with Gasteiger partial charge in [0.2, 0.25) is 0 Å². The van der Waals surface area contributed by atoms with Gasteiger partial charge >= 0.3 is 35.7 Å². The SMILES string of the molecule is CCOC(=O)C(OCCC(F)(F)C(C)(F)F)(OC(=O)CC1CC2CCCC(C2)C1)C(F)(F)F. The first-order chi connectivity index (χ1) is 15.1. The topological polar surface area (TPSA) is 61.8 Å². The first kappa shape index (κ1) is 27.7. The second kappa shape index (κ2) is 10.4. The molecule has 0 heterocycles. The molecule has 0 amide bonds. The Bertz CT molecular complexity index is 679. The van der Waals surface area contributed by atoms with Crippen molar-refractivity contribution in [3.63, 3.8) is 0 Å². The maximum atomic E-state index is 13.9. The highest BCUT2D eigenvalue weighted by Crippen LogP contribution is 2.44. The number of esters is 2. The van der Waals surface area contributed by atoms with E-state index in [0.29, 0.717) is 24.7 Å². The summed E-state index contributed by atoms with van der Waals surface area (Å²) in [6.07, 6.45) is -2.73. The van der Waals surface area contributed by atoms with Gasteiger partial charge in [0.25, 0.3) is 0 Å². The van der Waals surface area contributed by atoms with Crippen molar-refractivity contribution < 1.29 is 54.5 Å². The third-order valence-corrected chi connectivity index (χ3v) is 6.22. The van der Waals surface area contributed by atoms with E-state index in [4.69, 9.17) is 0 Å². The van der Waals surface area contributed by atoms with Gasteiger partial charge in [-0.25, -0.2) is 13.6 Å². The molecule has 2 saturated carbocycles. The van der Waals surface area contributed by atoms with Crippen LogP contribution in [0.4, 0.5) is 30.7 Å². The first-order valence-electron chi connectivity index (χ1n) is 11.0. The molecule has 5 nitrogen and oxygen atoms in total. The number of hydrogen-bond donors (Lipinski definition) is 0. The molecule has 0 radical (unpaired) electrons. The Kier molecular flexibility index (Phi) is 8.67. The summed E-state index contributed by atoms with van der Waals surface area (Å²) >= 11 is 0. The molecule has 12 heteroatoms. The quantitative estimate of drug-likeness (QED) is 0.223. The molecular formula is C21H29F7O5. The molecule has 3 atom stereocenters. The van der Waals surface area contributed by atoms with Crippen molar-refractivity contribution in [3.05, 3.63) is 0 Å². The van der Waals surface area contributed by atoms with E-state index in [-0.39, 0.29) is 12.8 Å². The van der Waals surface area contributed by atoms with Gasteiger partial charge in [0, 0.05) is 19.8 Å². The zero-order valence-electron chi connectivity index (χ0n) is 18.5. The lowest BCUT2D eigenvalue weighted by Crippen LogP contribution is -2.58. The fraction of sp³-hybridized carbons (Fsp3) is 0.905. The Balaban J connectivity index is 2.16. The van der Waals surface area contributed by atoms with Crippen molar-refractivity contribution in [2.45, 2.75) is 89.0 Å². The van der Waals surface area contributed by atoms with Crippen molar-refractivity contribution >= 4 is 11.9 Å². The summed E-state index contributed by atoms with van der Waals surface area (Å²) in [7, 11) is 0. The van der Waals surface area contributed by atoms with E-state index in [9.17, 15) is 40.3 Å². The summed E-state index contributed by atoms with van der Waals surface area (Å²) in [5.74, 6) is -16.7. The molecule has 0 aromatic heterocycles. The van der Waals surface area contributed by atoms with Crippen LogP contribution in [0.25, 0.3) is 0 Å². The van der Waals surface area contributed by atoms with E-state index in [2.05, 4.69) is 14.2 Å². The molecule has 2 bridgehead atoms. The zero-order valence-corrected chi connectivity index (χ0v) is 18.5. The van der Waals surface area contributed by atoms with Crippen molar-refractivity contribution in [2.75, 3.05) is 13.2 Å². The molecule has 0 aromatic rings. The maximum Gasteiger partial charge on any atom is 0.468 e. The van der Waals surface area contributed by atoms with Gasteiger partial charge < -0.3 is 14.2 Å². The van der Waals surface area contributed by atoms with E-state index in [1.54, 1.807) is 0 Å². The average Bonchev–Trinajstić information content (AvgIpc) is 2.65. The second-order valence-electron chi connectivity index (χ2n) is 8.94. The van der Waals surface area contributed by atoms with E-state index >= 15 is 0 Å². The molecule has 2 aliphatic rings. The van der Waals surface area contributed by atoms with Crippen LogP contribution in [0, 0.1) is 17.8 Å². The van der Waals surface area contributed by atoms with Gasteiger partial charge in [-0.2, -0.15) is 22.0 Å². The predicted octanol–water partition coefficient (Wildman–Crippen LogP) is 5.66. The number of alkyl halides is 7. The second-order valence-corrected chi connectivity index (χ2v) is 8.94. The van der Waals surface area contributed by atoms with Gasteiger partial charge in [0.05, 0.1) is 13.2 Å². The minimum atomic E-state index is -5.71. The Morgan fingerprint density at radius 2 is 1.52 bits per heavy atom.